The second-order valence-corrected chi connectivity index (χ2v) is 8.04. The fourth-order valence-corrected chi connectivity index (χ4v) is 3.33. The fourth-order valence-electron chi connectivity index (χ4n) is 3.33. The largest absolute Gasteiger partial charge is 0.356 e. The molecule has 0 saturated carbocycles. The lowest BCUT2D eigenvalue weighted by Gasteiger charge is -2.31. The smallest absolute Gasteiger partial charge is 0.251 e. The van der Waals surface area contributed by atoms with Crippen LogP contribution >= 0.6 is 24.0 Å². The van der Waals surface area contributed by atoms with Crippen molar-refractivity contribution in [2.24, 2.45) is 4.99 Å². The summed E-state index contributed by atoms with van der Waals surface area (Å²) in [6, 6.07) is 18.4. The Morgan fingerprint density at radius 2 is 1.77 bits per heavy atom. The summed E-state index contributed by atoms with van der Waals surface area (Å²) in [5, 5.41) is 13.1. The van der Waals surface area contributed by atoms with Crippen molar-refractivity contribution in [3.63, 3.8) is 0 Å². The zero-order valence-corrected chi connectivity index (χ0v) is 21.5. The van der Waals surface area contributed by atoms with Gasteiger partial charge in [0.25, 0.3) is 5.91 Å². The van der Waals surface area contributed by atoms with Crippen LogP contribution in [0.3, 0.4) is 0 Å². The van der Waals surface area contributed by atoms with E-state index in [9.17, 15) is 4.79 Å². The molecule has 0 aromatic heterocycles. The monoisotopic (exact) mass is 537 g/mol. The maximum Gasteiger partial charge on any atom is 0.251 e. The first-order chi connectivity index (χ1) is 14.3. The first-order valence-corrected chi connectivity index (χ1v) is 10.4. The van der Waals surface area contributed by atoms with Crippen LogP contribution in [0.1, 0.15) is 48.3 Å². The summed E-state index contributed by atoms with van der Waals surface area (Å²) in [5.41, 5.74) is 2.94. The predicted molar refractivity (Wildman–Crippen MR) is 140 cm³/mol. The summed E-state index contributed by atoms with van der Waals surface area (Å²) < 4.78 is 0. The van der Waals surface area contributed by atoms with E-state index in [2.05, 4.69) is 71.3 Å². The lowest BCUT2D eigenvalue weighted by molar-refractivity contribution is 0.0963. The fraction of sp³-hybridized carbons (Fsp3) is 0.417. The van der Waals surface area contributed by atoms with Gasteiger partial charge >= 0.3 is 0 Å². The number of halogens is 1. The van der Waals surface area contributed by atoms with Gasteiger partial charge in [0.1, 0.15) is 0 Å². The van der Waals surface area contributed by atoms with Gasteiger partial charge in [0.05, 0.1) is 0 Å². The predicted octanol–water partition coefficient (Wildman–Crippen LogP) is 3.50. The molecule has 1 amide bonds. The summed E-state index contributed by atoms with van der Waals surface area (Å²) in [6.07, 6.45) is 0.804. The molecule has 2 aromatic carbocycles. The van der Waals surface area contributed by atoms with E-state index in [1.807, 2.05) is 30.3 Å². The Labute approximate surface area is 203 Å². The molecule has 0 aliphatic rings. The molecule has 2 rings (SSSR count). The third kappa shape index (κ3) is 9.26. The minimum Gasteiger partial charge on any atom is -0.356 e. The van der Waals surface area contributed by atoms with Crippen LogP contribution in [0.25, 0.3) is 0 Å². The molecular weight excluding hydrogens is 501 g/mol. The number of hydrogen-bond donors (Lipinski definition) is 4. The van der Waals surface area contributed by atoms with E-state index in [0.29, 0.717) is 5.56 Å². The number of carbonyl (C=O) groups is 1. The van der Waals surface area contributed by atoms with Crippen molar-refractivity contribution in [1.29, 1.82) is 0 Å². The van der Waals surface area contributed by atoms with Crippen molar-refractivity contribution in [3.8, 4) is 0 Å². The normalized spacial score (nSPS) is 12.5. The van der Waals surface area contributed by atoms with Gasteiger partial charge in [-0.15, -0.1) is 24.0 Å². The second kappa shape index (κ2) is 13.3. The van der Waals surface area contributed by atoms with Crippen LogP contribution in [0.15, 0.2) is 59.6 Å². The number of rotatable bonds is 9. The minimum atomic E-state index is -0.116. The number of hydrogen-bond acceptors (Lipinski definition) is 3. The third-order valence-electron chi connectivity index (χ3n) is 4.95. The van der Waals surface area contributed by atoms with Gasteiger partial charge in [-0.1, -0.05) is 42.5 Å². The Bertz CT molecular complexity index is 839. The SMILES string of the molecule is CN=C(NCCc1cccc(C(=O)NC)c1)NCC(C)(C)NC(C)c1ccccc1.I. The van der Waals surface area contributed by atoms with Crippen LogP contribution in [0.2, 0.25) is 0 Å². The molecule has 6 nitrogen and oxygen atoms in total. The average Bonchev–Trinajstić information content (AvgIpc) is 2.76. The van der Waals surface area contributed by atoms with Crippen LogP contribution in [0.5, 0.6) is 0 Å². The van der Waals surface area contributed by atoms with E-state index in [-0.39, 0.29) is 41.5 Å². The Balaban J connectivity index is 0.00000480. The van der Waals surface area contributed by atoms with E-state index >= 15 is 0 Å². The Hall–Kier alpha value is -2.13. The number of nitrogens with zero attached hydrogens (tertiary/aromatic N) is 1. The molecule has 0 bridgehead atoms. The summed E-state index contributed by atoms with van der Waals surface area (Å²) in [5.74, 6) is 0.696. The number of benzene rings is 2. The maximum absolute atomic E-state index is 11.8. The molecule has 1 atom stereocenters. The molecule has 0 spiro atoms. The lowest BCUT2D eigenvalue weighted by atomic mass is 10.0. The van der Waals surface area contributed by atoms with Crippen molar-refractivity contribution in [2.45, 2.75) is 38.8 Å². The van der Waals surface area contributed by atoms with E-state index in [0.717, 1.165) is 31.0 Å². The van der Waals surface area contributed by atoms with Crippen molar-refractivity contribution >= 4 is 35.8 Å². The minimum absolute atomic E-state index is 0. The molecule has 170 valence electrons. The lowest BCUT2D eigenvalue weighted by Crippen LogP contribution is -2.52. The maximum atomic E-state index is 11.8. The molecule has 4 N–H and O–H groups in total. The quantitative estimate of drug-likeness (QED) is 0.225. The molecule has 31 heavy (non-hydrogen) atoms. The number of nitrogens with one attached hydrogen (secondary N) is 4. The van der Waals surface area contributed by atoms with Crippen molar-refractivity contribution < 1.29 is 4.79 Å². The van der Waals surface area contributed by atoms with Gasteiger partial charge in [-0.2, -0.15) is 0 Å². The molecule has 7 heteroatoms. The summed E-state index contributed by atoms with van der Waals surface area (Å²) in [6.45, 7) is 7.99. The van der Waals surface area contributed by atoms with Gasteiger partial charge < -0.3 is 21.3 Å². The van der Waals surface area contributed by atoms with Gasteiger partial charge in [0.15, 0.2) is 5.96 Å². The van der Waals surface area contributed by atoms with Gasteiger partial charge in [-0.25, -0.2) is 0 Å². The number of aliphatic imine (C=N–C) groups is 1. The molecule has 0 saturated heterocycles. The van der Waals surface area contributed by atoms with Crippen LogP contribution in [0, 0.1) is 0 Å². The second-order valence-electron chi connectivity index (χ2n) is 8.04. The van der Waals surface area contributed by atoms with E-state index in [1.54, 1.807) is 14.1 Å². The highest BCUT2D eigenvalue weighted by Crippen LogP contribution is 2.15. The standard InChI is InChI=1S/C24H35N5O.HI/c1-18(20-11-7-6-8-12-20)29-24(2,3)17-28-23(26-5)27-15-14-19-10-9-13-21(16-19)22(30)25-4;/h6-13,16,18,29H,14-15,17H2,1-5H3,(H,25,30)(H2,26,27,28);1H. The Morgan fingerprint density at radius 1 is 1.06 bits per heavy atom. The third-order valence-corrected chi connectivity index (χ3v) is 4.95. The van der Waals surface area contributed by atoms with Gasteiger partial charge in [-0.05, 0) is 50.5 Å². The highest BCUT2D eigenvalue weighted by Gasteiger charge is 2.21. The Kier molecular flexibility index (Phi) is 11.6. The van der Waals surface area contributed by atoms with Gasteiger partial charge in [-0.3, -0.25) is 9.79 Å². The van der Waals surface area contributed by atoms with Gasteiger partial charge in [0.2, 0.25) is 0 Å². The van der Waals surface area contributed by atoms with Crippen LogP contribution in [-0.4, -0.2) is 44.6 Å². The molecule has 0 fully saturated rings. The summed E-state index contributed by atoms with van der Waals surface area (Å²) in [4.78, 5) is 16.1. The van der Waals surface area contributed by atoms with Crippen molar-refractivity contribution in [1.82, 2.24) is 21.3 Å². The molecular formula is C24H36IN5O. The number of guanidine groups is 1. The summed E-state index contributed by atoms with van der Waals surface area (Å²) in [7, 11) is 3.41. The topological polar surface area (TPSA) is 77.5 Å². The summed E-state index contributed by atoms with van der Waals surface area (Å²) >= 11 is 0. The van der Waals surface area contributed by atoms with Crippen molar-refractivity contribution in [3.05, 3.63) is 71.3 Å². The number of carbonyl (C=O) groups excluding carboxylic acids is 1. The first kappa shape index (κ1) is 26.9. The molecule has 0 aliphatic heterocycles. The zero-order valence-electron chi connectivity index (χ0n) is 19.2. The highest BCUT2D eigenvalue weighted by molar-refractivity contribution is 14.0. The average molecular weight is 537 g/mol. The molecule has 0 radical (unpaired) electrons. The number of amides is 1. The highest BCUT2D eigenvalue weighted by atomic mass is 127. The molecule has 0 aliphatic carbocycles. The van der Waals surface area contributed by atoms with E-state index in [1.165, 1.54) is 5.56 Å². The molecule has 1 unspecified atom stereocenters. The molecule has 0 heterocycles. The van der Waals surface area contributed by atoms with Crippen LogP contribution in [-0.2, 0) is 6.42 Å². The Morgan fingerprint density at radius 3 is 2.42 bits per heavy atom. The first-order valence-electron chi connectivity index (χ1n) is 10.4. The van der Waals surface area contributed by atoms with E-state index < -0.39 is 0 Å². The van der Waals surface area contributed by atoms with E-state index in [4.69, 9.17) is 0 Å². The zero-order chi connectivity index (χ0) is 22.0. The van der Waals surface area contributed by atoms with Crippen LogP contribution < -0.4 is 21.3 Å². The molecule has 2 aromatic rings. The van der Waals surface area contributed by atoms with Crippen molar-refractivity contribution in [2.75, 3.05) is 27.2 Å². The van der Waals surface area contributed by atoms with Crippen LogP contribution in [0.4, 0.5) is 0 Å². The van der Waals surface area contributed by atoms with Gasteiger partial charge in [0, 0.05) is 44.3 Å².